The fraction of sp³-hybridized carbons (Fsp3) is 0.364. The smallest absolute Gasteiger partial charge is 0.132 e. The standard InChI is InChI=1S/C11H14BrN3/c1-8-4-5-15-9(6-8)11(12)13-10(15)7-14(2)3/h4-6H,7H2,1-3H3. The molecule has 0 radical (unpaired) electrons. The molecule has 0 unspecified atom stereocenters. The molecule has 0 bridgehead atoms. The van der Waals surface area contributed by atoms with Crippen LogP contribution in [0.5, 0.6) is 0 Å². The van der Waals surface area contributed by atoms with Gasteiger partial charge < -0.3 is 9.30 Å². The lowest BCUT2D eigenvalue weighted by Gasteiger charge is -2.08. The quantitative estimate of drug-likeness (QED) is 0.834. The van der Waals surface area contributed by atoms with Gasteiger partial charge in [-0.1, -0.05) is 0 Å². The van der Waals surface area contributed by atoms with Gasteiger partial charge in [0.2, 0.25) is 0 Å². The highest BCUT2D eigenvalue weighted by atomic mass is 79.9. The minimum atomic E-state index is 0.843. The van der Waals surface area contributed by atoms with Crippen molar-refractivity contribution in [3.05, 3.63) is 34.3 Å². The lowest BCUT2D eigenvalue weighted by Crippen LogP contribution is -2.13. The Hall–Kier alpha value is -0.870. The maximum atomic E-state index is 4.51. The molecule has 2 aromatic heterocycles. The average molecular weight is 268 g/mol. The van der Waals surface area contributed by atoms with Crippen molar-refractivity contribution < 1.29 is 0 Å². The summed E-state index contributed by atoms with van der Waals surface area (Å²) in [5.74, 6) is 1.06. The molecule has 2 heterocycles. The second-order valence-electron chi connectivity index (χ2n) is 4.02. The molecule has 0 atom stereocenters. The first-order valence-corrected chi connectivity index (χ1v) is 5.65. The van der Waals surface area contributed by atoms with Gasteiger partial charge in [-0.05, 0) is 54.6 Å². The third-order valence-electron chi connectivity index (χ3n) is 2.28. The molecule has 0 N–H and O–H groups in total. The molecule has 0 aliphatic carbocycles. The first-order valence-electron chi connectivity index (χ1n) is 4.86. The van der Waals surface area contributed by atoms with Gasteiger partial charge in [-0.25, -0.2) is 4.98 Å². The van der Waals surface area contributed by atoms with E-state index in [1.165, 1.54) is 5.56 Å². The average Bonchev–Trinajstić information content (AvgIpc) is 2.42. The summed E-state index contributed by atoms with van der Waals surface area (Å²) >= 11 is 3.49. The predicted octanol–water partition coefficient (Wildman–Crippen LogP) is 2.47. The number of nitrogens with zero attached hydrogens (tertiary/aromatic N) is 3. The van der Waals surface area contributed by atoms with Crippen LogP contribution in [0.25, 0.3) is 5.52 Å². The second-order valence-corrected chi connectivity index (χ2v) is 4.77. The molecule has 0 fully saturated rings. The van der Waals surface area contributed by atoms with Gasteiger partial charge in [0.25, 0.3) is 0 Å². The van der Waals surface area contributed by atoms with Crippen LogP contribution >= 0.6 is 15.9 Å². The van der Waals surface area contributed by atoms with Gasteiger partial charge >= 0.3 is 0 Å². The Morgan fingerprint density at radius 2 is 2.20 bits per heavy atom. The molecule has 0 spiro atoms. The zero-order valence-corrected chi connectivity index (χ0v) is 10.7. The van der Waals surface area contributed by atoms with Gasteiger partial charge in [0.15, 0.2) is 0 Å². The van der Waals surface area contributed by atoms with Crippen LogP contribution in [0, 0.1) is 6.92 Å². The minimum Gasteiger partial charge on any atom is -0.302 e. The van der Waals surface area contributed by atoms with Crippen molar-refractivity contribution in [2.75, 3.05) is 14.1 Å². The van der Waals surface area contributed by atoms with E-state index in [1.807, 2.05) is 14.1 Å². The van der Waals surface area contributed by atoms with Crippen molar-refractivity contribution in [3.63, 3.8) is 0 Å². The first-order chi connectivity index (χ1) is 7.08. The third kappa shape index (κ3) is 2.06. The van der Waals surface area contributed by atoms with Crippen LogP contribution in [0.15, 0.2) is 22.9 Å². The second kappa shape index (κ2) is 3.94. The monoisotopic (exact) mass is 267 g/mol. The van der Waals surface area contributed by atoms with Crippen LogP contribution in [0.2, 0.25) is 0 Å². The summed E-state index contributed by atoms with van der Waals surface area (Å²) in [6.07, 6.45) is 2.07. The number of rotatable bonds is 2. The molecule has 0 aromatic carbocycles. The van der Waals surface area contributed by atoms with E-state index in [4.69, 9.17) is 0 Å². The van der Waals surface area contributed by atoms with Crippen molar-refractivity contribution in [1.82, 2.24) is 14.3 Å². The van der Waals surface area contributed by atoms with Crippen molar-refractivity contribution >= 4 is 21.4 Å². The van der Waals surface area contributed by atoms with Gasteiger partial charge in [-0.3, -0.25) is 0 Å². The number of aromatic nitrogens is 2. The topological polar surface area (TPSA) is 20.5 Å². The van der Waals surface area contributed by atoms with Gasteiger partial charge in [-0.2, -0.15) is 0 Å². The molecule has 4 heteroatoms. The summed E-state index contributed by atoms with van der Waals surface area (Å²) in [5, 5.41) is 0. The zero-order chi connectivity index (χ0) is 11.0. The van der Waals surface area contributed by atoms with Crippen molar-refractivity contribution in [1.29, 1.82) is 0 Å². The Labute approximate surface area is 97.9 Å². The third-order valence-corrected chi connectivity index (χ3v) is 2.87. The number of hydrogen-bond donors (Lipinski definition) is 0. The summed E-state index contributed by atoms with van der Waals surface area (Å²) in [4.78, 5) is 6.62. The molecule has 3 nitrogen and oxygen atoms in total. The summed E-state index contributed by atoms with van der Waals surface area (Å²) in [7, 11) is 4.09. The van der Waals surface area contributed by atoms with Crippen molar-refractivity contribution in [2.24, 2.45) is 0 Å². The molecular weight excluding hydrogens is 254 g/mol. The van der Waals surface area contributed by atoms with Crippen LogP contribution in [-0.2, 0) is 6.54 Å². The first kappa shape index (κ1) is 10.6. The number of pyridine rings is 1. The molecule has 0 amide bonds. The molecule has 2 aromatic rings. The maximum Gasteiger partial charge on any atom is 0.132 e. The molecule has 15 heavy (non-hydrogen) atoms. The summed E-state index contributed by atoms with van der Waals surface area (Å²) in [6, 6.07) is 4.23. The Kier molecular flexibility index (Phi) is 2.80. The Morgan fingerprint density at radius 3 is 2.87 bits per heavy atom. The molecule has 0 aliphatic rings. The number of halogens is 1. The van der Waals surface area contributed by atoms with Gasteiger partial charge in [0.05, 0.1) is 12.1 Å². The van der Waals surface area contributed by atoms with Crippen LogP contribution in [0.3, 0.4) is 0 Å². The van der Waals surface area contributed by atoms with Crippen molar-refractivity contribution in [2.45, 2.75) is 13.5 Å². The van der Waals surface area contributed by atoms with Gasteiger partial charge in [-0.15, -0.1) is 0 Å². The van der Waals surface area contributed by atoms with E-state index < -0.39 is 0 Å². The highest BCUT2D eigenvalue weighted by molar-refractivity contribution is 9.10. The Morgan fingerprint density at radius 1 is 1.47 bits per heavy atom. The summed E-state index contributed by atoms with van der Waals surface area (Å²) in [5.41, 5.74) is 2.38. The predicted molar refractivity (Wildman–Crippen MR) is 65.0 cm³/mol. The maximum absolute atomic E-state index is 4.51. The fourth-order valence-corrected chi connectivity index (χ4v) is 2.12. The summed E-state index contributed by atoms with van der Waals surface area (Å²) < 4.78 is 3.04. The van der Waals surface area contributed by atoms with Gasteiger partial charge in [0.1, 0.15) is 10.4 Å². The summed E-state index contributed by atoms with van der Waals surface area (Å²) in [6.45, 7) is 2.93. The van der Waals surface area contributed by atoms with E-state index in [0.29, 0.717) is 0 Å². The highest BCUT2D eigenvalue weighted by Gasteiger charge is 2.09. The molecular formula is C11H14BrN3. The molecule has 80 valence electrons. The number of imidazole rings is 1. The lowest BCUT2D eigenvalue weighted by atomic mass is 10.3. The number of aryl methyl sites for hydroxylation is 1. The molecule has 0 aliphatic heterocycles. The number of fused-ring (bicyclic) bond motifs is 1. The van der Waals surface area contributed by atoms with E-state index in [1.54, 1.807) is 0 Å². The van der Waals surface area contributed by atoms with E-state index in [-0.39, 0.29) is 0 Å². The SMILES string of the molecule is Cc1ccn2c(CN(C)C)nc(Br)c2c1. The lowest BCUT2D eigenvalue weighted by molar-refractivity contribution is 0.389. The normalized spacial score (nSPS) is 11.5. The minimum absolute atomic E-state index is 0.843. The zero-order valence-electron chi connectivity index (χ0n) is 9.16. The number of hydrogen-bond acceptors (Lipinski definition) is 2. The Balaban J connectivity index is 2.57. The van der Waals surface area contributed by atoms with E-state index in [0.717, 1.165) is 22.5 Å². The van der Waals surface area contributed by atoms with Crippen LogP contribution in [-0.4, -0.2) is 28.4 Å². The van der Waals surface area contributed by atoms with Crippen molar-refractivity contribution in [3.8, 4) is 0 Å². The largest absolute Gasteiger partial charge is 0.302 e. The molecule has 0 saturated heterocycles. The van der Waals surface area contributed by atoms with E-state index in [2.05, 4.69) is 55.5 Å². The molecule has 0 saturated carbocycles. The van der Waals surface area contributed by atoms with E-state index in [9.17, 15) is 0 Å². The van der Waals surface area contributed by atoms with Crippen LogP contribution < -0.4 is 0 Å². The fourth-order valence-electron chi connectivity index (χ4n) is 1.61. The van der Waals surface area contributed by atoms with Gasteiger partial charge in [0, 0.05) is 6.20 Å². The van der Waals surface area contributed by atoms with E-state index >= 15 is 0 Å². The Bertz CT molecular complexity index is 488. The molecule has 2 rings (SSSR count). The highest BCUT2D eigenvalue weighted by Crippen LogP contribution is 2.20. The van der Waals surface area contributed by atoms with Crippen LogP contribution in [0.4, 0.5) is 0 Å². The van der Waals surface area contributed by atoms with Crippen LogP contribution in [0.1, 0.15) is 11.4 Å².